The summed E-state index contributed by atoms with van der Waals surface area (Å²) in [4.78, 5) is 17.7. The summed E-state index contributed by atoms with van der Waals surface area (Å²) in [5, 5.41) is 3.49. The molecule has 94 valence electrons. The van der Waals surface area contributed by atoms with Crippen molar-refractivity contribution >= 4 is 38.9 Å². The summed E-state index contributed by atoms with van der Waals surface area (Å²) in [5.41, 5.74) is 6.76. The van der Waals surface area contributed by atoms with E-state index >= 15 is 0 Å². The number of aromatic nitrogens is 1. The van der Waals surface area contributed by atoms with Crippen molar-refractivity contribution in [1.29, 1.82) is 0 Å². The Morgan fingerprint density at radius 1 is 1.61 bits per heavy atom. The quantitative estimate of drug-likeness (QED) is 0.857. The monoisotopic (exact) mass is 281 g/mol. The number of carbonyl (C=O) groups excluding carboxylic acids is 1. The predicted octanol–water partition coefficient (Wildman–Crippen LogP) is 2.01. The van der Waals surface area contributed by atoms with Crippen LogP contribution in [0, 0.1) is 0 Å². The van der Waals surface area contributed by atoms with Crippen LogP contribution in [0.4, 0.5) is 0 Å². The molecule has 0 aromatic carbocycles. The Bertz CT molecular complexity index is 612. The van der Waals surface area contributed by atoms with Gasteiger partial charge in [0.15, 0.2) is 0 Å². The Hall–Kier alpha value is -1.17. The lowest BCUT2D eigenvalue weighted by Crippen LogP contribution is -2.33. The first-order valence-corrected chi connectivity index (χ1v) is 6.97. The van der Waals surface area contributed by atoms with Crippen LogP contribution in [-0.4, -0.2) is 28.4 Å². The van der Waals surface area contributed by atoms with Crippen LogP contribution in [0.15, 0.2) is 17.6 Å². The first kappa shape index (κ1) is 11.9. The number of carbonyl (C=O) groups is 1. The Labute approximate surface area is 113 Å². The van der Waals surface area contributed by atoms with E-state index in [0.717, 1.165) is 28.6 Å². The smallest absolute Gasteiger partial charge is 0.239 e. The minimum atomic E-state index is -0.344. The topological polar surface area (TPSA) is 59.2 Å². The van der Waals surface area contributed by atoms with Gasteiger partial charge in [0, 0.05) is 29.4 Å². The highest BCUT2D eigenvalue weighted by Crippen LogP contribution is 2.31. The molecule has 1 saturated heterocycles. The van der Waals surface area contributed by atoms with Crippen molar-refractivity contribution < 1.29 is 4.79 Å². The van der Waals surface area contributed by atoms with Crippen molar-refractivity contribution in [2.24, 2.45) is 5.73 Å². The van der Waals surface area contributed by atoms with Crippen LogP contribution >= 0.6 is 22.9 Å². The number of fused-ring (bicyclic) bond motifs is 1. The number of nitrogens with zero attached hydrogens (tertiary/aromatic N) is 2. The van der Waals surface area contributed by atoms with Crippen LogP contribution in [0.1, 0.15) is 12.0 Å². The molecular weight excluding hydrogens is 270 g/mol. The summed E-state index contributed by atoms with van der Waals surface area (Å²) < 4.78 is 1.10. The van der Waals surface area contributed by atoms with E-state index in [4.69, 9.17) is 17.3 Å². The molecule has 2 N–H and O–H groups in total. The van der Waals surface area contributed by atoms with Gasteiger partial charge in [0.2, 0.25) is 5.91 Å². The minimum Gasteiger partial charge on any atom is -0.337 e. The SMILES string of the molecule is NC1CCN(Cc2csc3ccnc(Cl)c23)C1=O. The second-order valence-corrected chi connectivity index (χ2v) is 5.66. The fraction of sp³-hybridized carbons (Fsp3) is 0.333. The van der Waals surface area contributed by atoms with Gasteiger partial charge in [-0.2, -0.15) is 0 Å². The van der Waals surface area contributed by atoms with E-state index in [0.29, 0.717) is 11.7 Å². The van der Waals surface area contributed by atoms with Gasteiger partial charge in [0.1, 0.15) is 5.15 Å². The van der Waals surface area contributed by atoms with Gasteiger partial charge in [0.05, 0.1) is 6.04 Å². The minimum absolute atomic E-state index is 0.0226. The van der Waals surface area contributed by atoms with Crippen LogP contribution in [0.5, 0.6) is 0 Å². The lowest BCUT2D eigenvalue weighted by atomic mass is 10.2. The van der Waals surface area contributed by atoms with Crippen molar-refractivity contribution in [3.8, 4) is 0 Å². The average molecular weight is 282 g/mol. The number of hydrogen-bond donors (Lipinski definition) is 1. The normalized spacial score (nSPS) is 20.0. The molecule has 6 heteroatoms. The van der Waals surface area contributed by atoms with Crippen LogP contribution in [0.2, 0.25) is 5.15 Å². The van der Waals surface area contributed by atoms with Gasteiger partial charge in [-0.25, -0.2) is 4.98 Å². The van der Waals surface area contributed by atoms with Crippen molar-refractivity contribution in [3.05, 3.63) is 28.4 Å². The number of halogens is 1. The molecule has 1 amide bonds. The number of hydrogen-bond acceptors (Lipinski definition) is 4. The molecule has 1 aliphatic heterocycles. The zero-order chi connectivity index (χ0) is 12.7. The Morgan fingerprint density at radius 2 is 2.44 bits per heavy atom. The number of pyridine rings is 1. The molecule has 18 heavy (non-hydrogen) atoms. The van der Waals surface area contributed by atoms with E-state index in [2.05, 4.69) is 4.98 Å². The largest absolute Gasteiger partial charge is 0.337 e. The first-order valence-electron chi connectivity index (χ1n) is 5.72. The highest BCUT2D eigenvalue weighted by molar-refractivity contribution is 7.17. The maximum absolute atomic E-state index is 11.8. The van der Waals surface area contributed by atoms with Crippen LogP contribution in [0.25, 0.3) is 10.1 Å². The Balaban J connectivity index is 1.94. The standard InChI is InChI=1S/C12H12ClN3OS/c13-11-10-7(6-18-9(10)1-3-15-11)5-16-4-2-8(14)12(16)17/h1,3,6,8H,2,4-5,14H2. The summed E-state index contributed by atoms with van der Waals surface area (Å²) >= 11 is 7.74. The molecule has 4 nitrogen and oxygen atoms in total. The molecule has 0 radical (unpaired) electrons. The number of thiophene rings is 1. The molecule has 0 aliphatic carbocycles. The fourth-order valence-corrected chi connectivity index (χ4v) is 3.53. The third-order valence-corrected chi connectivity index (χ3v) is 4.50. The number of nitrogens with two attached hydrogens (primary N) is 1. The lowest BCUT2D eigenvalue weighted by molar-refractivity contribution is -0.129. The molecule has 1 atom stereocenters. The van der Waals surface area contributed by atoms with Crippen molar-refractivity contribution in [2.75, 3.05) is 6.54 Å². The molecule has 1 aliphatic rings. The third kappa shape index (κ3) is 1.88. The van der Waals surface area contributed by atoms with Gasteiger partial charge >= 0.3 is 0 Å². The molecule has 0 bridgehead atoms. The second-order valence-electron chi connectivity index (χ2n) is 4.39. The van der Waals surface area contributed by atoms with Gasteiger partial charge in [-0.15, -0.1) is 11.3 Å². The Kier molecular flexibility index (Phi) is 2.97. The zero-order valence-corrected chi connectivity index (χ0v) is 11.2. The highest BCUT2D eigenvalue weighted by atomic mass is 35.5. The van der Waals surface area contributed by atoms with E-state index in [9.17, 15) is 4.79 Å². The van der Waals surface area contributed by atoms with Crippen LogP contribution < -0.4 is 5.73 Å². The lowest BCUT2D eigenvalue weighted by Gasteiger charge is -2.15. The van der Waals surface area contributed by atoms with E-state index in [1.54, 1.807) is 22.4 Å². The number of likely N-dealkylation sites (tertiary alicyclic amines) is 1. The van der Waals surface area contributed by atoms with Gasteiger partial charge in [-0.05, 0) is 23.4 Å². The molecule has 1 unspecified atom stereocenters. The zero-order valence-electron chi connectivity index (χ0n) is 9.60. The fourth-order valence-electron chi connectivity index (χ4n) is 2.24. The highest BCUT2D eigenvalue weighted by Gasteiger charge is 2.28. The number of rotatable bonds is 2. The molecule has 1 fully saturated rings. The Morgan fingerprint density at radius 3 is 3.17 bits per heavy atom. The van der Waals surface area contributed by atoms with E-state index < -0.39 is 0 Å². The van der Waals surface area contributed by atoms with Crippen LogP contribution in [-0.2, 0) is 11.3 Å². The summed E-state index contributed by atoms with van der Waals surface area (Å²) in [6.45, 7) is 1.28. The van der Waals surface area contributed by atoms with Gasteiger partial charge in [-0.1, -0.05) is 11.6 Å². The van der Waals surface area contributed by atoms with E-state index in [1.807, 2.05) is 11.4 Å². The molecule has 2 aromatic heterocycles. The van der Waals surface area contributed by atoms with Crippen molar-refractivity contribution in [2.45, 2.75) is 19.0 Å². The van der Waals surface area contributed by atoms with Crippen LogP contribution in [0.3, 0.4) is 0 Å². The predicted molar refractivity (Wildman–Crippen MR) is 72.6 cm³/mol. The maximum Gasteiger partial charge on any atom is 0.239 e. The summed E-state index contributed by atoms with van der Waals surface area (Å²) in [6, 6.07) is 1.59. The molecule has 3 heterocycles. The maximum atomic E-state index is 11.8. The summed E-state index contributed by atoms with van der Waals surface area (Å²) in [7, 11) is 0. The van der Waals surface area contributed by atoms with E-state index in [-0.39, 0.29) is 11.9 Å². The first-order chi connectivity index (χ1) is 8.66. The number of amides is 1. The molecule has 2 aromatic rings. The molecule has 0 saturated carbocycles. The third-order valence-electron chi connectivity index (χ3n) is 3.22. The second kappa shape index (κ2) is 4.50. The average Bonchev–Trinajstić information content (AvgIpc) is 2.90. The van der Waals surface area contributed by atoms with E-state index in [1.165, 1.54) is 0 Å². The van der Waals surface area contributed by atoms with Gasteiger partial charge in [-0.3, -0.25) is 4.79 Å². The van der Waals surface area contributed by atoms with Crippen molar-refractivity contribution in [1.82, 2.24) is 9.88 Å². The van der Waals surface area contributed by atoms with Gasteiger partial charge in [0.25, 0.3) is 0 Å². The molecule has 0 spiro atoms. The molecular formula is C12H12ClN3OS. The summed E-state index contributed by atoms with van der Waals surface area (Å²) in [6.07, 6.45) is 2.43. The molecule has 3 rings (SSSR count). The van der Waals surface area contributed by atoms with Gasteiger partial charge < -0.3 is 10.6 Å². The summed E-state index contributed by atoms with van der Waals surface area (Å²) in [5.74, 6) is 0.0226. The van der Waals surface area contributed by atoms with Crippen molar-refractivity contribution in [3.63, 3.8) is 0 Å².